The Hall–Kier alpha value is -2.58. The standard InChI is InChI=1S/C16H17F3N4O2/c17-16(18,19)13-9-23-8-11(3-4-14(23)22-13)6-21-15(24)10-25-12-2-1-5-20-7-12/h1-2,5,7,9,11H,3-4,6,8,10H2,(H,21,24)/t11-/m0/s1. The van der Waals surface area contributed by atoms with E-state index in [1.165, 1.54) is 10.8 Å². The molecule has 2 aromatic heterocycles. The summed E-state index contributed by atoms with van der Waals surface area (Å²) < 4.78 is 44.9. The fraction of sp³-hybridized carbons (Fsp3) is 0.438. The summed E-state index contributed by atoms with van der Waals surface area (Å²) in [4.78, 5) is 19.3. The molecule has 0 fully saturated rings. The predicted octanol–water partition coefficient (Wildman–Crippen LogP) is 2.05. The number of carbonyl (C=O) groups excluding carboxylic acids is 1. The third-order valence-electron chi connectivity index (χ3n) is 3.97. The molecule has 6 nitrogen and oxygen atoms in total. The summed E-state index contributed by atoms with van der Waals surface area (Å²) >= 11 is 0. The van der Waals surface area contributed by atoms with Crippen molar-refractivity contribution in [2.75, 3.05) is 13.2 Å². The normalized spacial score (nSPS) is 17.0. The molecule has 25 heavy (non-hydrogen) atoms. The van der Waals surface area contributed by atoms with E-state index in [1.807, 2.05) is 0 Å². The Morgan fingerprint density at radius 3 is 3.00 bits per heavy atom. The first-order chi connectivity index (χ1) is 11.9. The molecule has 0 radical (unpaired) electrons. The second-order valence-corrected chi connectivity index (χ2v) is 5.88. The molecular weight excluding hydrogens is 337 g/mol. The summed E-state index contributed by atoms with van der Waals surface area (Å²) in [7, 11) is 0. The molecule has 2 aromatic rings. The van der Waals surface area contributed by atoms with E-state index in [0.29, 0.717) is 37.5 Å². The lowest BCUT2D eigenvalue weighted by molar-refractivity contribution is -0.141. The number of imidazole rings is 1. The van der Waals surface area contributed by atoms with Crippen LogP contribution in [0.2, 0.25) is 0 Å². The Morgan fingerprint density at radius 1 is 1.44 bits per heavy atom. The van der Waals surface area contributed by atoms with Gasteiger partial charge in [-0.05, 0) is 24.5 Å². The number of aromatic nitrogens is 3. The van der Waals surface area contributed by atoms with Crippen LogP contribution in [0.1, 0.15) is 17.9 Å². The van der Waals surface area contributed by atoms with Gasteiger partial charge in [0, 0.05) is 31.9 Å². The molecule has 1 atom stereocenters. The minimum Gasteiger partial charge on any atom is -0.482 e. The zero-order chi connectivity index (χ0) is 17.9. The quantitative estimate of drug-likeness (QED) is 0.892. The number of amides is 1. The molecule has 1 aliphatic rings. The third kappa shape index (κ3) is 4.49. The first-order valence-corrected chi connectivity index (χ1v) is 7.84. The zero-order valence-electron chi connectivity index (χ0n) is 13.3. The first kappa shape index (κ1) is 17.2. The van der Waals surface area contributed by atoms with Crippen molar-refractivity contribution in [3.05, 3.63) is 42.2 Å². The number of nitrogens with one attached hydrogen (secondary N) is 1. The molecule has 1 amide bonds. The van der Waals surface area contributed by atoms with Gasteiger partial charge in [0.25, 0.3) is 5.91 Å². The molecule has 3 heterocycles. The number of carbonyl (C=O) groups is 1. The van der Waals surface area contributed by atoms with Crippen LogP contribution in [0.15, 0.2) is 30.7 Å². The zero-order valence-corrected chi connectivity index (χ0v) is 13.3. The topological polar surface area (TPSA) is 69.0 Å². The number of fused-ring (bicyclic) bond motifs is 1. The molecule has 0 saturated heterocycles. The van der Waals surface area contributed by atoms with Crippen LogP contribution in [0.25, 0.3) is 0 Å². The summed E-state index contributed by atoms with van der Waals surface area (Å²) in [5, 5.41) is 2.75. The minimum absolute atomic E-state index is 0.0603. The Kier molecular flexibility index (Phi) is 4.91. The molecule has 9 heteroatoms. The second kappa shape index (κ2) is 7.12. The van der Waals surface area contributed by atoms with E-state index in [1.54, 1.807) is 18.3 Å². The van der Waals surface area contributed by atoms with Gasteiger partial charge in [0.15, 0.2) is 12.3 Å². The van der Waals surface area contributed by atoms with Crippen molar-refractivity contribution in [1.82, 2.24) is 19.9 Å². The Labute approximate surface area is 142 Å². The summed E-state index contributed by atoms with van der Waals surface area (Å²) in [5.74, 6) is 0.717. The van der Waals surface area contributed by atoms with Crippen LogP contribution in [0.5, 0.6) is 5.75 Å². The van der Waals surface area contributed by atoms with Gasteiger partial charge in [-0.15, -0.1) is 0 Å². The molecule has 0 spiro atoms. The Balaban J connectivity index is 1.46. The van der Waals surface area contributed by atoms with E-state index in [-0.39, 0.29) is 18.4 Å². The van der Waals surface area contributed by atoms with Crippen LogP contribution in [-0.4, -0.2) is 33.6 Å². The second-order valence-electron chi connectivity index (χ2n) is 5.88. The molecule has 0 bridgehead atoms. The van der Waals surface area contributed by atoms with E-state index in [9.17, 15) is 18.0 Å². The third-order valence-corrected chi connectivity index (χ3v) is 3.97. The lowest BCUT2D eigenvalue weighted by Gasteiger charge is -2.23. The van der Waals surface area contributed by atoms with Crippen LogP contribution < -0.4 is 10.1 Å². The highest BCUT2D eigenvalue weighted by atomic mass is 19.4. The molecule has 134 valence electrons. The maximum absolute atomic E-state index is 12.7. The van der Waals surface area contributed by atoms with E-state index in [4.69, 9.17) is 4.74 Å². The minimum atomic E-state index is -4.43. The number of hydrogen-bond donors (Lipinski definition) is 1. The number of hydrogen-bond acceptors (Lipinski definition) is 4. The maximum Gasteiger partial charge on any atom is 0.434 e. The molecule has 0 unspecified atom stereocenters. The summed E-state index contributed by atoms with van der Waals surface area (Å²) in [6.07, 6.45) is 0.852. The van der Waals surface area contributed by atoms with Crippen LogP contribution >= 0.6 is 0 Å². The van der Waals surface area contributed by atoms with Gasteiger partial charge in [-0.2, -0.15) is 13.2 Å². The van der Waals surface area contributed by atoms with Crippen LogP contribution in [0.4, 0.5) is 13.2 Å². The van der Waals surface area contributed by atoms with Crippen molar-refractivity contribution in [3.8, 4) is 5.75 Å². The lowest BCUT2D eigenvalue weighted by Crippen LogP contribution is -2.36. The van der Waals surface area contributed by atoms with Gasteiger partial charge >= 0.3 is 6.18 Å². The van der Waals surface area contributed by atoms with Gasteiger partial charge < -0.3 is 14.6 Å². The lowest BCUT2D eigenvalue weighted by atomic mass is 9.99. The molecular formula is C16H17F3N4O2. The van der Waals surface area contributed by atoms with Crippen molar-refractivity contribution >= 4 is 5.91 Å². The molecule has 0 aliphatic carbocycles. The molecule has 0 aromatic carbocycles. The monoisotopic (exact) mass is 354 g/mol. The van der Waals surface area contributed by atoms with Crippen molar-refractivity contribution in [1.29, 1.82) is 0 Å². The number of pyridine rings is 1. The number of rotatable bonds is 5. The van der Waals surface area contributed by atoms with E-state index >= 15 is 0 Å². The molecule has 1 N–H and O–H groups in total. The van der Waals surface area contributed by atoms with Crippen molar-refractivity contribution in [2.45, 2.75) is 25.6 Å². The largest absolute Gasteiger partial charge is 0.482 e. The first-order valence-electron chi connectivity index (χ1n) is 7.84. The van der Waals surface area contributed by atoms with Gasteiger partial charge in [-0.25, -0.2) is 4.98 Å². The van der Waals surface area contributed by atoms with Crippen molar-refractivity contribution in [3.63, 3.8) is 0 Å². The van der Waals surface area contributed by atoms with Gasteiger partial charge in [0.2, 0.25) is 0 Å². The number of alkyl halides is 3. The number of halogens is 3. The van der Waals surface area contributed by atoms with Crippen molar-refractivity contribution in [2.24, 2.45) is 5.92 Å². The van der Waals surface area contributed by atoms with Gasteiger partial charge in [-0.1, -0.05) is 0 Å². The van der Waals surface area contributed by atoms with Gasteiger partial charge in [0.05, 0.1) is 6.20 Å². The molecule has 1 aliphatic heterocycles. The predicted molar refractivity (Wildman–Crippen MR) is 81.8 cm³/mol. The van der Waals surface area contributed by atoms with Crippen molar-refractivity contribution < 1.29 is 22.7 Å². The van der Waals surface area contributed by atoms with E-state index in [0.717, 1.165) is 6.20 Å². The SMILES string of the molecule is O=C(COc1cccnc1)NC[C@@H]1CCc2nc(C(F)(F)F)cn2C1. The van der Waals surface area contributed by atoms with Gasteiger partial charge in [0.1, 0.15) is 11.6 Å². The molecule has 3 rings (SSSR count). The highest BCUT2D eigenvalue weighted by molar-refractivity contribution is 5.77. The number of aryl methyl sites for hydroxylation is 1. The van der Waals surface area contributed by atoms with Crippen LogP contribution in [0.3, 0.4) is 0 Å². The smallest absolute Gasteiger partial charge is 0.434 e. The number of nitrogens with zero attached hydrogens (tertiary/aromatic N) is 3. The van der Waals surface area contributed by atoms with E-state index in [2.05, 4.69) is 15.3 Å². The molecule has 0 saturated carbocycles. The number of ether oxygens (including phenoxy) is 1. The Bertz CT molecular complexity index is 731. The van der Waals surface area contributed by atoms with E-state index < -0.39 is 11.9 Å². The van der Waals surface area contributed by atoms with Gasteiger partial charge in [-0.3, -0.25) is 9.78 Å². The summed E-state index contributed by atoms with van der Waals surface area (Å²) in [6, 6.07) is 3.40. The van der Waals surface area contributed by atoms with Crippen LogP contribution in [-0.2, 0) is 23.9 Å². The fourth-order valence-corrected chi connectivity index (χ4v) is 2.71. The fourth-order valence-electron chi connectivity index (χ4n) is 2.71. The average molecular weight is 354 g/mol. The average Bonchev–Trinajstić information content (AvgIpc) is 3.03. The Morgan fingerprint density at radius 2 is 2.28 bits per heavy atom. The summed E-state index contributed by atoms with van der Waals surface area (Å²) in [6.45, 7) is 0.656. The highest BCUT2D eigenvalue weighted by Gasteiger charge is 2.35. The van der Waals surface area contributed by atoms with Crippen LogP contribution in [0, 0.1) is 5.92 Å². The highest BCUT2D eigenvalue weighted by Crippen LogP contribution is 2.30. The summed E-state index contributed by atoms with van der Waals surface area (Å²) in [5.41, 5.74) is -0.864. The maximum atomic E-state index is 12.7.